The van der Waals surface area contributed by atoms with Crippen molar-refractivity contribution < 1.29 is 4.52 Å². The molecule has 1 saturated heterocycles. The highest BCUT2D eigenvalue weighted by Gasteiger charge is 2.27. The zero-order valence-corrected chi connectivity index (χ0v) is 14.1. The molecular weight excluding hydrogens is 310 g/mol. The van der Waals surface area contributed by atoms with Gasteiger partial charge in [0.05, 0.1) is 16.4 Å². The van der Waals surface area contributed by atoms with E-state index in [0.29, 0.717) is 11.6 Å². The molecule has 3 aromatic heterocycles. The van der Waals surface area contributed by atoms with Crippen LogP contribution in [0.15, 0.2) is 16.2 Å². The summed E-state index contributed by atoms with van der Waals surface area (Å²) in [6, 6.07) is 0. The van der Waals surface area contributed by atoms with Crippen LogP contribution in [-0.4, -0.2) is 33.2 Å². The molecular formula is C16H19N5OS. The second-order valence-corrected chi connectivity index (χ2v) is 6.85. The Morgan fingerprint density at radius 2 is 2.30 bits per heavy atom. The fraction of sp³-hybridized carbons (Fsp3) is 0.500. The first-order valence-corrected chi connectivity index (χ1v) is 8.90. The van der Waals surface area contributed by atoms with E-state index in [1.54, 1.807) is 17.7 Å². The quantitative estimate of drug-likeness (QED) is 0.734. The van der Waals surface area contributed by atoms with E-state index in [0.717, 1.165) is 42.8 Å². The molecule has 1 aliphatic rings. The van der Waals surface area contributed by atoms with Crippen LogP contribution in [0.25, 0.3) is 11.1 Å². The first kappa shape index (κ1) is 14.6. The number of anilines is 1. The average molecular weight is 329 g/mol. The lowest BCUT2D eigenvalue weighted by molar-refractivity contribution is 0.442. The van der Waals surface area contributed by atoms with Gasteiger partial charge < -0.3 is 9.42 Å². The molecule has 7 heteroatoms. The number of nitrogens with zero attached hydrogens (tertiary/aromatic N) is 5. The number of rotatable bonds is 3. The number of hydrogen-bond donors (Lipinski definition) is 0. The molecule has 6 nitrogen and oxygen atoms in total. The van der Waals surface area contributed by atoms with Crippen molar-refractivity contribution >= 4 is 28.3 Å². The normalized spacial score (nSPS) is 18.7. The summed E-state index contributed by atoms with van der Waals surface area (Å²) < 4.78 is 5.27. The number of piperidine rings is 1. The highest BCUT2D eigenvalue weighted by molar-refractivity contribution is 7.09. The van der Waals surface area contributed by atoms with Crippen LogP contribution >= 0.6 is 11.3 Å². The number of fused-ring (bicyclic) bond motifs is 1. The summed E-state index contributed by atoms with van der Waals surface area (Å²) in [5.74, 6) is 1.41. The summed E-state index contributed by atoms with van der Waals surface area (Å²) in [6.45, 7) is 6.03. The molecule has 23 heavy (non-hydrogen) atoms. The topological polar surface area (TPSA) is 67.9 Å². The van der Waals surface area contributed by atoms with Gasteiger partial charge in [-0.2, -0.15) is 4.98 Å². The Balaban J connectivity index is 1.65. The Kier molecular flexibility index (Phi) is 3.72. The van der Waals surface area contributed by atoms with Crippen LogP contribution < -0.4 is 4.90 Å². The molecule has 0 spiro atoms. The van der Waals surface area contributed by atoms with Crippen LogP contribution in [0.2, 0.25) is 0 Å². The first-order chi connectivity index (χ1) is 11.3. The molecule has 0 amide bonds. The molecule has 3 aromatic rings. The Morgan fingerprint density at radius 3 is 3.13 bits per heavy atom. The Bertz CT molecular complexity index is 827. The van der Waals surface area contributed by atoms with Gasteiger partial charge in [0.15, 0.2) is 0 Å². The standard InChI is InChI=1S/C16H19N5OS/c1-3-12-8-23-16(19-12)11-5-4-6-21(7-11)14-13-10(2)20-22-15(13)18-9-17-14/h8-9,11H,3-7H2,1-2H3. The van der Waals surface area contributed by atoms with Crippen LogP contribution in [0.3, 0.4) is 0 Å². The van der Waals surface area contributed by atoms with Crippen LogP contribution in [0.5, 0.6) is 0 Å². The van der Waals surface area contributed by atoms with Crippen molar-refractivity contribution in [3.05, 3.63) is 28.1 Å². The van der Waals surface area contributed by atoms with Crippen molar-refractivity contribution in [3.8, 4) is 0 Å². The van der Waals surface area contributed by atoms with Crippen molar-refractivity contribution in [2.75, 3.05) is 18.0 Å². The molecule has 4 heterocycles. The highest BCUT2D eigenvalue weighted by Crippen LogP contribution is 2.34. The van der Waals surface area contributed by atoms with Gasteiger partial charge in [0.2, 0.25) is 0 Å². The molecule has 0 aromatic carbocycles. The average Bonchev–Trinajstić information content (AvgIpc) is 3.22. The molecule has 1 aliphatic heterocycles. The van der Waals surface area contributed by atoms with E-state index in [-0.39, 0.29) is 0 Å². The third-order valence-corrected chi connectivity index (χ3v) is 5.48. The predicted octanol–water partition coefficient (Wildman–Crippen LogP) is 3.33. The van der Waals surface area contributed by atoms with Gasteiger partial charge >= 0.3 is 0 Å². The molecule has 1 unspecified atom stereocenters. The first-order valence-electron chi connectivity index (χ1n) is 8.02. The molecule has 0 N–H and O–H groups in total. The molecule has 0 aliphatic carbocycles. The van der Waals surface area contributed by atoms with E-state index in [1.165, 1.54) is 17.1 Å². The lowest BCUT2D eigenvalue weighted by Gasteiger charge is -2.32. The lowest BCUT2D eigenvalue weighted by Crippen LogP contribution is -2.35. The van der Waals surface area contributed by atoms with Crippen LogP contribution in [0.4, 0.5) is 5.82 Å². The summed E-state index contributed by atoms with van der Waals surface area (Å²) >= 11 is 1.78. The second-order valence-electron chi connectivity index (χ2n) is 5.96. The monoisotopic (exact) mass is 329 g/mol. The van der Waals surface area contributed by atoms with Gasteiger partial charge in [-0.1, -0.05) is 12.1 Å². The van der Waals surface area contributed by atoms with E-state index < -0.39 is 0 Å². The van der Waals surface area contributed by atoms with E-state index in [2.05, 4.69) is 32.3 Å². The van der Waals surface area contributed by atoms with Gasteiger partial charge in [0, 0.05) is 24.4 Å². The largest absolute Gasteiger partial charge is 0.355 e. The summed E-state index contributed by atoms with van der Waals surface area (Å²) in [4.78, 5) is 15.8. The fourth-order valence-corrected chi connectivity index (χ4v) is 4.22. The molecule has 1 atom stereocenters. The van der Waals surface area contributed by atoms with Crippen molar-refractivity contribution in [1.82, 2.24) is 20.1 Å². The third-order valence-electron chi connectivity index (χ3n) is 4.43. The minimum Gasteiger partial charge on any atom is -0.355 e. The van der Waals surface area contributed by atoms with Crippen molar-refractivity contribution in [2.24, 2.45) is 0 Å². The number of thiazole rings is 1. The Hall–Kier alpha value is -2.02. The van der Waals surface area contributed by atoms with Crippen molar-refractivity contribution in [3.63, 3.8) is 0 Å². The van der Waals surface area contributed by atoms with E-state index in [9.17, 15) is 0 Å². The SMILES string of the molecule is CCc1csc(C2CCCN(c3ncnc4onc(C)c34)C2)n1. The molecule has 0 saturated carbocycles. The van der Waals surface area contributed by atoms with Gasteiger partial charge in [-0.25, -0.2) is 9.97 Å². The minimum atomic E-state index is 0.472. The highest BCUT2D eigenvalue weighted by atomic mass is 32.1. The predicted molar refractivity (Wildman–Crippen MR) is 90.0 cm³/mol. The van der Waals surface area contributed by atoms with E-state index >= 15 is 0 Å². The van der Waals surface area contributed by atoms with Crippen LogP contribution in [-0.2, 0) is 6.42 Å². The molecule has 4 rings (SSSR count). The van der Waals surface area contributed by atoms with Crippen LogP contribution in [0, 0.1) is 6.92 Å². The van der Waals surface area contributed by atoms with E-state index in [1.807, 2.05) is 6.92 Å². The second kappa shape index (κ2) is 5.88. The van der Waals surface area contributed by atoms with Gasteiger partial charge in [-0.05, 0) is 26.2 Å². The summed E-state index contributed by atoms with van der Waals surface area (Å²) in [5.41, 5.74) is 2.61. The zero-order chi connectivity index (χ0) is 15.8. The van der Waals surface area contributed by atoms with Gasteiger partial charge in [0.25, 0.3) is 5.71 Å². The maximum absolute atomic E-state index is 5.27. The molecule has 120 valence electrons. The minimum absolute atomic E-state index is 0.472. The zero-order valence-electron chi connectivity index (χ0n) is 13.3. The molecule has 0 bridgehead atoms. The molecule has 0 radical (unpaired) electrons. The van der Waals surface area contributed by atoms with Crippen LogP contribution in [0.1, 0.15) is 42.1 Å². The van der Waals surface area contributed by atoms with Gasteiger partial charge in [-0.3, -0.25) is 0 Å². The summed E-state index contributed by atoms with van der Waals surface area (Å²) in [6.07, 6.45) is 4.88. The third kappa shape index (κ3) is 2.59. The maximum atomic E-state index is 5.27. The van der Waals surface area contributed by atoms with Gasteiger partial charge in [0.1, 0.15) is 17.5 Å². The fourth-order valence-electron chi connectivity index (χ4n) is 3.19. The van der Waals surface area contributed by atoms with Gasteiger partial charge in [-0.15, -0.1) is 11.3 Å². The number of hydrogen-bond acceptors (Lipinski definition) is 7. The summed E-state index contributed by atoms with van der Waals surface area (Å²) in [7, 11) is 0. The van der Waals surface area contributed by atoms with Crippen molar-refractivity contribution in [1.29, 1.82) is 0 Å². The maximum Gasteiger partial charge on any atom is 0.263 e. The number of aromatic nitrogens is 4. The summed E-state index contributed by atoms with van der Waals surface area (Å²) in [5, 5.41) is 8.39. The smallest absolute Gasteiger partial charge is 0.263 e. The van der Waals surface area contributed by atoms with E-state index in [4.69, 9.17) is 9.51 Å². The Labute approximate surface area is 138 Å². The lowest BCUT2D eigenvalue weighted by atomic mass is 9.98. The van der Waals surface area contributed by atoms with Crippen molar-refractivity contribution in [2.45, 2.75) is 39.0 Å². The molecule has 1 fully saturated rings. The number of aryl methyl sites for hydroxylation is 2. The Morgan fingerprint density at radius 1 is 1.39 bits per heavy atom.